The number of hydrogen-bond donors (Lipinski definition) is 0. The standard InChI is InChI=1S/C31H48NO/c1-2-3-4-5-6-7-8-9-10-11-12-13-14-15-16-18-21-29-22-24-30(25-23-29)31(33)28-32-26-19-17-20-27-32/h17,19-20,22-27H,2-16,18,21,28H2,1H3/q+1. The number of unbranched alkanes of at least 4 members (excludes halogenated alkanes) is 15. The highest BCUT2D eigenvalue weighted by atomic mass is 16.1. The van der Waals surface area contributed by atoms with Gasteiger partial charge >= 0.3 is 0 Å². The third kappa shape index (κ3) is 13.4. The predicted octanol–water partition coefficient (Wildman–Crippen LogP) is 8.66. The first-order valence-electron chi connectivity index (χ1n) is 13.9. The van der Waals surface area contributed by atoms with E-state index in [2.05, 4.69) is 19.1 Å². The topological polar surface area (TPSA) is 20.9 Å². The maximum absolute atomic E-state index is 12.4. The van der Waals surface area contributed by atoms with Crippen molar-refractivity contribution in [2.75, 3.05) is 0 Å². The molecule has 1 heterocycles. The molecule has 0 saturated carbocycles. The molecule has 2 rings (SSSR count). The van der Waals surface area contributed by atoms with Gasteiger partial charge < -0.3 is 0 Å². The number of aromatic nitrogens is 1. The second-order valence-electron chi connectivity index (χ2n) is 9.72. The zero-order valence-corrected chi connectivity index (χ0v) is 21.3. The normalized spacial score (nSPS) is 11.1. The summed E-state index contributed by atoms with van der Waals surface area (Å²) in [5, 5.41) is 0. The van der Waals surface area contributed by atoms with E-state index in [-0.39, 0.29) is 5.78 Å². The summed E-state index contributed by atoms with van der Waals surface area (Å²) in [6, 6.07) is 14.1. The van der Waals surface area contributed by atoms with Crippen LogP contribution in [0.15, 0.2) is 54.9 Å². The van der Waals surface area contributed by atoms with Crippen molar-refractivity contribution >= 4 is 5.78 Å². The first-order chi connectivity index (χ1) is 16.3. The number of carbonyl (C=O) groups excluding carboxylic acids is 1. The van der Waals surface area contributed by atoms with Crippen molar-refractivity contribution in [1.82, 2.24) is 0 Å². The van der Waals surface area contributed by atoms with Crippen LogP contribution in [-0.2, 0) is 13.0 Å². The van der Waals surface area contributed by atoms with E-state index >= 15 is 0 Å². The molecule has 1 aromatic carbocycles. The van der Waals surface area contributed by atoms with Crippen LogP contribution in [0.1, 0.15) is 126 Å². The molecule has 2 heteroatoms. The highest BCUT2D eigenvalue weighted by Gasteiger charge is 2.11. The van der Waals surface area contributed by atoms with Gasteiger partial charge in [0.25, 0.3) is 0 Å². The van der Waals surface area contributed by atoms with Crippen LogP contribution in [0.4, 0.5) is 0 Å². The molecule has 2 aromatic rings. The molecule has 0 saturated heterocycles. The summed E-state index contributed by atoms with van der Waals surface area (Å²) in [7, 11) is 0. The van der Waals surface area contributed by atoms with Crippen LogP contribution in [0, 0.1) is 0 Å². The molecule has 0 aliphatic heterocycles. The molecule has 0 unspecified atom stereocenters. The summed E-state index contributed by atoms with van der Waals surface area (Å²) in [6.07, 6.45) is 27.5. The monoisotopic (exact) mass is 450 g/mol. The summed E-state index contributed by atoms with van der Waals surface area (Å²) < 4.78 is 1.92. The van der Waals surface area contributed by atoms with Gasteiger partial charge in [-0.25, -0.2) is 0 Å². The molecule has 182 valence electrons. The fraction of sp³-hybridized carbons (Fsp3) is 0.613. The van der Waals surface area contributed by atoms with Crippen LogP contribution in [0.2, 0.25) is 0 Å². The Kier molecular flexibility index (Phi) is 15.3. The van der Waals surface area contributed by atoms with E-state index in [4.69, 9.17) is 0 Å². The van der Waals surface area contributed by atoms with Crippen LogP contribution in [-0.4, -0.2) is 5.78 Å². The Hall–Kier alpha value is -1.96. The van der Waals surface area contributed by atoms with E-state index < -0.39 is 0 Å². The second-order valence-corrected chi connectivity index (χ2v) is 9.72. The molecular weight excluding hydrogens is 402 g/mol. The van der Waals surface area contributed by atoms with Crippen LogP contribution >= 0.6 is 0 Å². The molecule has 0 spiro atoms. The molecular formula is C31H48NO+. The maximum Gasteiger partial charge on any atom is 0.227 e. The molecule has 0 aliphatic rings. The number of benzene rings is 1. The molecule has 0 atom stereocenters. The van der Waals surface area contributed by atoms with Crippen LogP contribution in [0.5, 0.6) is 0 Å². The van der Waals surface area contributed by atoms with Gasteiger partial charge in [0.2, 0.25) is 12.3 Å². The van der Waals surface area contributed by atoms with Gasteiger partial charge in [-0.05, 0) is 18.4 Å². The van der Waals surface area contributed by atoms with E-state index in [0.29, 0.717) is 6.54 Å². The number of aryl methyl sites for hydroxylation is 1. The molecule has 0 amide bonds. The van der Waals surface area contributed by atoms with Crippen molar-refractivity contribution in [3.05, 3.63) is 66.0 Å². The minimum atomic E-state index is 0.167. The highest BCUT2D eigenvalue weighted by Crippen LogP contribution is 2.15. The van der Waals surface area contributed by atoms with Gasteiger partial charge in [0.15, 0.2) is 12.4 Å². The Morgan fingerprint density at radius 3 is 1.55 bits per heavy atom. The molecule has 33 heavy (non-hydrogen) atoms. The van der Waals surface area contributed by atoms with Gasteiger partial charge in [-0.15, -0.1) is 0 Å². The third-order valence-electron chi connectivity index (χ3n) is 6.70. The quantitative estimate of drug-likeness (QED) is 0.112. The van der Waals surface area contributed by atoms with Crippen molar-refractivity contribution in [2.24, 2.45) is 0 Å². The fourth-order valence-corrected chi connectivity index (χ4v) is 4.53. The van der Waals surface area contributed by atoms with Crippen molar-refractivity contribution < 1.29 is 9.36 Å². The molecule has 0 N–H and O–H groups in total. The molecule has 2 nitrogen and oxygen atoms in total. The lowest BCUT2D eigenvalue weighted by atomic mass is 10.0. The molecule has 0 radical (unpaired) electrons. The van der Waals surface area contributed by atoms with Crippen LogP contribution < -0.4 is 4.57 Å². The lowest BCUT2D eigenvalue weighted by Gasteiger charge is -2.05. The van der Waals surface area contributed by atoms with Crippen LogP contribution in [0.25, 0.3) is 0 Å². The van der Waals surface area contributed by atoms with E-state index in [1.807, 2.05) is 47.3 Å². The minimum Gasteiger partial charge on any atom is -0.287 e. The third-order valence-corrected chi connectivity index (χ3v) is 6.70. The highest BCUT2D eigenvalue weighted by molar-refractivity contribution is 5.95. The second kappa shape index (κ2) is 18.5. The number of pyridine rings is 1. The van der Waals surface area contributed by atoms with Crippen molar-refractivity contribution in [1.29, 1.82) is 0 Å². The SMILES string of the molecule is CCCCCCCCCCCCCCCCCCc1ccc(C(=O)C[n+]2ccccc2)cc1. The lowest BCUT2D eigenvalue weighted by Crippen LogP contribution is -2.36. The lowest BCUT2D eigenvalue weighted by molar-refractivity contribution is -0.683. The molecule has 0 fully saturated rings. The van der Waals surface area contributed by atoms with Gasteiger partial charge in [-0.1, -0.05) is 134 Å². The summed E-state index contributed by atoms with van der Waals surface area (Å²) in [6.45, 7) is 2.69. The largest absolute Gasteiger partial charge is 0.287 e. The van der Waals surface area contributed by atoms with Crippen molar-refractivity contribution in [2.45, 2.75) is 123 Å². The van der Waals surface area contributed by atoms with Crippen molar-refractivity contribution in [3.63, 3.8) is 0 Å². The number of carbonyl (C=O) groups is 1. The zero-order chi connectivity index (χ0) is 23.4. The van der Waals surface area contributed by atoms with E-state index in [0.717, 1.165) is 12.0 Å². The Morgan fingerprint density at radius 2 is 1.06 bits per heavy atom. The van der Waals surface area contributed by atoms with E-state index in [1.54, 1.807) is 0 Å². The Morgan fingerprint density at radius 1 is 0.606 bits per heavy atom. The zero-order valence-electron chi connectivity index (χ0n) is 21.3. The van der Waals surface area contributed by atoms with Gasteiger partial charge in [-0.2, -0.15) is 4.57 Å². The molecule has 0 bridgehead atoms. The van der Waals surface area contributed by atoms with E-state index in [9.17, 15) is 4.79 Å². The average molecular weight is 451 g/mol. The van der Waals surface area contributed by atoms with E-state index in [1.165, 1.54) is 108 Å². The molecule has 1 aromatic heterocycles. The summed E-state index contributed by atoms with van der Waals surface area (Å²) in [4.78, 5) is 12.4. The van der Waals surface area contributed by atoms with Gasteiger partial charge in [0, 0.05) is 17.7 Å². The molecule has 0 aliphatic carbocycles. The number of Topliss-reactive ketones (excluding diaryl/α,β-unsaturated/α-hetero) is 1. The van der Waals surface area contributed by atoms with Crippen LogP contribution in [0.3, 0.4) is 0 Å². The Labute approximate surface area is 203 Å². The predicted molar refractivity (Wildman–Crippen MR) is 141 cm³/mol. The number of rotatable bonds is 20. The summed E-state index contributed by atoms with van der Waals surface area (Å²) in [5.41, 5.74) is 2.16. The smallest absolute Gasteiger partial charge is 0.227 e. The maximum atomic E-state index is 12.4. The summed E-state index contributed by atoms with van der Waals surface area (Å²) in [5.74, 6) is 0.167. The number of ketones is 1. The average Bonchev–Trinajstić information content (AvgIpc) is 2.85. The first kappa shape index (κ1) is 27.3. The fourth-order valence-electron chi connectivity index (χ4n) is 4.53. The van der Waals surface area contributed by atoms with Crippen molar-refractivity contribution in [3.8, 4) is 0 Å². The van der Waals surface area contributed by atoms with Gasteiger partial charge in [0.05, 0.1) is 0 Å². The Balaban J connectivity index is 1.41. The first-order valence-corrected chi connectivity index (χ1v) is 13.9. The number of hydrogen-bond acceptors (Lipinski definition) is 1. The number of nitrogens with zero attached hydrogens (tertiary/aromatic N) is 1. The van der Waals surface area contributed by atoms with Gasteiger partial charge in [0.1, 0.15) is 0 Å². The minimum absolute atomic E-state index is 0.167. The Bertz CT molecular complexity index is 722. The summed E-state index contributed by atoms with van der Waals surface area (Å²) >= 11 is 0. The van der Waals surface area contributed by atoms with Gasteiger partial charge in [-0.3, -0.25) is 4.79 Å².